The van der Waals surface area contributed by atoms with E-state index in [1.807, 2.05) is 30.0 Å². The molecule has 29 heavy (non-hydrogen) atoms. The molecule has 3 rings (SSSR count). The molecule has 0 atom stereocenters. The lowest BCUT2D eigenvalue weighted by Crippen LogP contribution is -2.47. The van der Waals surface area contributed by atoms with Gasteiger partial charge in [0.05, 0.1) is 12.0 Å². The Kier molecular flexibility index (Phi) is 8.49. The third-order valence-corrected chi connectivity index (χ3v) is 6.26. The van der Waals surface area contributed by atoms with Crippen LogP contribution in [0, 0.1) is 18.3 Å². The van der Waals surface area contributed by atoms with E-state index in [2.05, 4.69) is 17.6 Å². The number of piperidine rings is 2. The van der Waals surface area contributed by atoms with Crippen molar-refractivity contribution in [3.63, 3.8) is 0 Å². The fraction of sp³-hybridized carbons (Fsp3) is 0.636. The van der Waals surface area contributed by atoms with Crippen molar-refractivity contribution in [2.24, 2.45) is 11.3 Å². The van der Waals surface area contributed by atoms with Crippen molar-refractivity contribution in [1.82, 2.24) is 10.2 Å². The molecule has 2 amide bonds. The average molecular weight is 424 g/mol. The summed E-state index contributed by atoms with van der Waals surface area (Å²) in [6.45, 7) is 7.88. The summed E-state index contributed by atoms with van der Waals surface area (Å²) in [5.41, 5.74) is 1.87. The molecular weight excluding hydrogens is 390 g/mol. The molecule has 2 aliphatic rings. The van der Waals surface area contributed by atoms with Gasteiger partial charge in [-0.25, -0.2) is 0 Å². The highest BCUT2D eigenvalue weighted by atomic mass is 35.5. The number of nitrogens with one attached hydrogen (secondary N) is 2. The predicted molar refractivity (Wildman–Crippen MR) is 118 cm³/mol. The number of halogens is 1. The molecule has 2 saturated heterocycles. The molecule has 6 nitrogen and oxygen atoms in total. The molecular formula is C22H34ClN3O3. The van der Waals surface area contributed by atoms with Crippen molar-refractivity contribution in [1.29, 1.82) is 0 Å². The molecule has 2 heterocycles. The smallest absolute Gasteiger partial charge is 0.253 e. The highest BCUT2D eigenvalue weighted by Crippen LogP contribution is 2.31. The second kappa shape index (κ2) is 10.4. The normalized spacial score (nSPS) is 19.3. The Morgan fingerprint density at radius 3 is 2.48 bits per heavy atom. The van der Waals surface area contributed by atoms with Gasteiger partial charge in [-0.3, -0.25) is 9.59 Å². The van der Waals surface area contributed by atoms with Gasteiger partial charge in [0.1, 0.15) is 0 Å². The van der Waals surface area contributed by atoms with Crippen LogP contribution in [0.4, 0.5) is 5.69 Å². The lowest BCUT2D eigenvalue weighted by atomic mass is 9.78. The topological polar surface area (TPSA) is 70.7 Å². The fourth-order valence-corrected chi connectivity index (χ4v) is 4.20. The van der Waals surface area contributed by atoms with Crippen LogP contribution in [0.3, 0.4) is 0 Å². The van der Waals surface area contributed by atoms with Gasteiger partial charge >= 0.3 is 0 Å². The molecule has 0 aliphatic carbocycles. The first kappa shape index (κ1) is 23.6. The lowest BCUT2D eigenvalue weighted by molar-refractivity contribution is -0.130. The van der Waals surface area contributed by atoms with E-state index in [9.17, 15) is 9.59 Å². The van der Waals surface area contributed by atoms with E-state index in [-0.39, 0.29) is 24.2 Å². The molecule has 1 aromatic rings. The molecule has 162 valence electrons. The van der Waals surface area contributed by atoms with Crippen molar-refractivity contribution in [3.8, 4) is 0 Å². The monoisotopic (exact) mass is 423 g/mol. The minimum atomic E-state index is -0.495. The number of carbonyl (C=O) groups is 2. The summed E-state index contributed by atoms with van der Waals surface area (Å²) in [5, 5.41) is 6.39. The molecule has 0 saturated carbocycles. The Bertz CT molecular complexity index is 706. The maximum atomic E-state index is 13.0. The predicted octanol–water partition coefficient (Wildman–Crippen LogP) is 3.24. The number of amides is 2. The van der Waals surface area contributed by atoms with Gasteiger partial charge in [-0.15, -0.1) is 12.4 Å². The van der Waals surface area contributed by atoms with Crippen LogP contribution < -0.4 is 10.6 Å². The molecule has 0 bridgehead atoms. The number of aryl methyl sites for hydroxylation is 1. The summed E-state index contributed by atoms with van der Waals surface area (Å²) in [4.78, 5) is 27.8. The molecule has 0 unspecified atom stereocenters. The van der Waals surface area contributed by atoms with Gasteiger partial charge in [-0.1, -0.05) is 6.92 Å². The molecule has 2 aliphatic heterocycles. The van der Waals surface area contributed by atoms with E-state index in [1.165, 1.54) is 0 Å². The number of methoxy groups -OCH3 is 1. The Hall–Kier alpha value is -1.63. The minimum absolute atomic E-state index is 0. The Morgan fingerprint density at radius 2 is 1.90 bits per heavy atom. The van der Waals surface area contributed by atoms with E-state index in [0.717, 1.165) is 63.1 Å². The standard InChI is InChI=1S/C22H33N3O3.ClH/c1-16-6-12-25(13-7-16)20(26)18-4-5-19(17(2)14-18)24-21(27)22(15-28-3)8-10-23-11-9-22;/h4-5,14,16,23H,6-13,15H2,1-3H3,(H,24,27);1H. The van der Waals surface area contributed by atoms with Crippen LogP contribution in [0.1, 0.15) is 48.5 Å². The van der Waals surface area contributed by atoms with Crippen molar-refractivity contribution >= 4 is 29.9 Å². The average Bonchev–Trinajstić information content (AvgIpc) is 2.70. The lowest BCUT2D eigenvalue weighted by Gasteiger charge is -2.35. The summed E-state index contributed by atoms with van der Waals surface area (Å²) in [7, 11) is 1.64. The number of nitrogens with zero attached hydrogens (tertiary/aromatic N) is 1. The first-order valence-electron chi connectivity index (χ1n) is 10.4. The maximum Gasteiger partial charge on any atom is 0.253 e. The zero-order valence-electron chi connectivity index (χ0n) is 17.8. The molecule has 2 N–H and O–H groups in total. The Balaban J connectivity index is 0.00000300. The Labute approximate surface area is 180 Å². The van der Waals surface area contributed by atoms with Crippen LogP contribution in [0.15, 0.2) is 18.2 Å². The zero-order valence-corrected chi connectivity index (χ0v) is 18.6. The van der Waals surface area contributed by atoms with Crippen molar-refractivity contribution in [2.45, 2.75) is 39.5 Å². The summed E-state index contributed by atoms with van der Waals surface area (Å²) in [6.07, 6.45) is 3.65. The highest BCUT2D eigenvalue weighted by molar-refractivity contribution is 5.98. The van der Waals surface area contributed by atoms with E-state index < -0.39 is 5.41 Å². The fourth-order valence-electron chi connectivity index (χ4n) is 4.20. The maximum absolute atomic E-state index is 13.0. The third-order valence-electron chi connectivity index (χ3n) is 6.26. The van der Waals surface area contributed by atoms with E-state index in [4.69, 9.17) is 4.74 Å². The van der Waals surface area contributed by atoms with Crippen molar-refractivity contribution in [2.75, 3.05) is 45.2 Å². The number of carbonyl (C=O) groups excluding carboxylic acids is 2. The minimum Gasteiger partial charge on any atom is -0.384 e. The van der Waals surface area contributed by atoms with Crippen molar-refractivity contribution < 1.29 is 14.3 Å². The van der Waals surface area contributed by atoms with Crippen molar-refractivity contribution in [3.05, 3.63) is 29.3 Å². The number of ether oxygens (including phenoxy) is 1. The Morgan fingerprint density at radius 1 is 1.24 bits per heavy atom. The zero-order chi connectivity index (χ0) is 20.1. The van der Waals surface area contributed by atoms with Gasteiger partial charge in [0.2, 0.25) is 5.91 Å². The van der Waals surface area contributed by atoms with Crippen LogP contribution in [0.2, 0.25) is 0 Å². The van der Waals surface area contributed by atoms with Gasteiger partial charge in [-0.05, 0) is 75.4 Å². The number of hydrogen-bond acceptors (Lipinski definition) is 4. The first-order chi connectivity index (χ1) is 13.4. The van der Waals surface area contributed by atoms with E-state index in [1.54, 1.807) is 7.11 Å². The second-order valence-electron chi connectivity index (χ2n) is 8.42. The SMILES string of the molecule is COCC1(C(=O)Nc2ccc(C(=O)N3CCC(C)CC3)cc2C)CCNCC1.Cl. The van der Waals surface area contributed by atoms with E-state index in [0.29, 0.717) is 18.1 Å². The van der Waals surface area contributed by atoms with Gasteiger partial charge in [0, 0.05) is 31.5 Å². The van der Waals surface area contributed by atoms with Gasteiger partial charge in [0.15, 0.2) is 0 Å². The molecule has 0 radical (unpaired) electrons. The molecule has 7 heteroatoms. The quantitative estimate of drug-likeness (QED) is 0.762. The van der Waals surface area contributed by atoms with Crippen LogP contribution >= 0.6 is 12.4 Å². The number of rotatable bonds is 5. The molecule has 1 aromatic carbocycles. The number of likely N-dealkylation sites (tertiary alicyclic amines) is 1. The summed E-state index contributed by atoms with van der Waals surface area (Å²) < 4.78 is 5.36. The molecule has 2 fully saturated rings. The highest BCUT2D eigenvalue weighted by Gasteiger charge is 2.39. The summed E-state index contributed by atoms with van der Waals surface area (Å²) in [6, 6.07) is 5.57. The van der Waals surface area contributed by atoms with Crippen LogP contribution in [-0.2, 0) is 9.53 Å². The number of benzene rings is 1. The van der Waals surface area contributed by atoms with Crippen LogP contribution in [0.5, 0.6) is 0 Å². The number of anilines is 1. The summed E-state index contributed by atoms with van der Waals surface area (Å²) >= 11 is 0. The summed E-state index contributed by atoms with van der Waals surface area (Å²) in [5.74, 6) is 0.780. The van der Waals surface area contributed by atoms with Gasteiger partial charge < -0.3 is 20.3 Å². The third kappa shape index (κ3) is 5.50. The second-order valence-corrected chi connectivity index (χ2v) is 8.42. The van der Waals surface area contributed by atoms with Crippen LogP contribution in [0.25, 0.3) is 0 Å². The number of hydrogen-bond donors (Lipinski definition) is 2. The van der Waals surface area contributed by atoms with Gasteiger partial charge in [0.25, 0.3) is 5.91 Å². The van der Waals surface area contributed by atoms with Gasteiger partial charge in [-0.2, -0.15) is 0 Å². The molecule has 0 spiro atoms. The first-order valence-corrected chi connectivity index (χ1v) is 10.4. The van der Waals surface area contributed by atoms with Crippen LogP contribution in [-0.4, -0.2) is 56.6 Å². The largest absolute Gasteiger partial charge is 0.384 e. The molecule has 0 aromatic heterocycles. The van der Waals surface area contributed by atoms with E-state index >= 15 is 0 Å².